The van der Waals surface area contributed by atoms with Gasteiger partial charge in [-0.15, -0.1) is 0 Å². The molecule has 1 fully saturated rings. The second-order valence-electron chi connectivity index (χ2n) is 8.54. The number of benzene rings is 1. The first kappa shape index (κ1) is 18.8. The molecule has 1 aromatic carbocycles. The topological polar surface area (TPSA) is 81.4 Å². The van der Waals surface area contributed by atoms with Gasteiger partial charge in [-0.25, -0.2) is 9.99 Å². The third-order valence-electron chi connectivity index (χ3n) is 6.65. The third-order valence-corrected chi connectivity index (χ3v) is 6.65. The van der Waals surface area contributed by atoms with Crippen LogP contribution in [0.5, 0.6) is 0 Å². The minimum absolute atomic E-state index is 0.0863. The SMILES string of the molecule is Cc1nc(N2N=C(c3ccc4c(c3)CCC(=O)N4)CC2C2CCCC2)ccc1C#N. The minimum Gasteiger partial charge on any atom is -0.326 e. The third kappa shape index (κ3) is 3.35. The van der Waals surface area contributed by atoms with Crippen molar-refractivity contribution in [1.29, 1.82) is 5.26 Å². The quantitative estimate of drug-likeness (QED) is 0.833. The lowest BCUT2D eigenvalue weighted by atomic mass is 9.91. The molecule has 1 amide bonds. The van der Waals surface area contributed by atoms with Crippen molar-refractivity contribution in [3.05, 3.63) is 52.7 Å². The molecule has 5 rings (SSSR count). The number of nitrogens with one attached hydrogen (secondary N) is 1. The van der Waals surface area contributed by atoms with Gasteiger partial charge >= 0.3 is 0 Å². The lowest BCUT2D eigenvalue weighted by molar-refractivity contribution is -0.116. The van der Waals surface area contributed by atoms with E-state index >= 15 is 0 Å². The van der Waals surface area contributed by atoms with E-state index in [2.05, 4.69) is 28.5 Å². The molecular weight excluding hydrogens is 374 g/mol. The predicted molar refractivity (Wildman–Crippen MR) is 116 cm³/mol. The molecule has 6 heteroatoms. The van der Waals surface area contributed by atoms with Crippen LogP contribution in [0.3, 0.4) is 0 Å². The molecule has 2 aromatic rings. The van der Waals surface area contributed by atoms with Crippen molar-refractivity contribution >= 4 is 23.1 Å². The van der Waals surface area contributed by atoms with Crippen molar-refractivity contribution in [2.75, 3.05) is 10.3 Å². The van der Waals surface area contributed by atoms with E-state index in [4.69, 9.17) is 10.1 Å². The molecule has 6 nitrogen and oxygen atoms in total. The fourth-order valence-electron chi connectivity index (χ4n) is 4.99. The number of nitriles is 1. The van der Waals surface area contributed by atoms with Crippen molar-refractivity contribution in [2.24, 2.45) is 11.0 Å². The molecule has 0 radical (unpaired) electrons. The van der Waals surface area contributed by atoms with Crippen LogP contribution in [0, 0.1) is 24.2 Å². The summed E-state index contributed by atoms with van der Waals surface area (Å²) >= 11 is 0. The van der Waals surface area contributed by atoms with Crippen LogP contribution >= 0.6 is 0 Å². The number of nitrogens with zero attached hydrogens (tertiary/aromatic N) is 4. The number of carbonyl (C=O) groups excluding carboxylic acids is 1. The Bertz CT molecular complexity index is 1080. The monoisotopic (exact) mass is 399 g/mol. The average molecular weight is 399 g/mol. The number of rotatable bonds is 3. The van der Waals surface area contributed by atoms with Gasteiger partial charge in [0.1, 0.15) is 11.9 Å². The highest BCUT2D eigenvalue weighted by Crippen LogP contribution is 2.38. The first-order valence-corrected chi connectivity index (χ1v) is 10.8. The first-order chi connectivity index (χ1) is 14.6. The van der Waals surface area contributed by atoms with Gasteiger partial charge in [0.25, 0.3) is 0 Å². The van der Waals surface area contributed by atoms with E-state index in [0.29, 0.717) is 23.9 Å². The van der Waals surface area contributed by atoms with E-state index in [1.54, 1.807) is 0 Å². The molecule has 1 saturated carbocycles. The molecule has 1 aliphatic carbocycles. The summed E-state index contributed by atoms with van der Waals surface area (Å²) in [4.78, 5) is 16.4. The molecule has 0 bridgehead atoms. The number of pyridine rings is 1. The summed E-state index contributed by atoms with van der Waals surface area (Å²) < 4.78 is 0. The van der Waals surface area contributed by atoms with Crippen LogP contribution in [0.15, 0.2) is 35.4 Å². The largest absolute Gasteiger partial charge is 0.326 e. The Morgan fingerprint density at radius 2 is 2.00 bits per heavy atom. The van der Waals surface area contributed by atoms with Gasteiger partial charge in [-0.2, -0.15) is 10.4 Å². The first-order valence-electron chi connectivity index (χ1n) is 10.8. The zero-order chi connectivity index (χ0) is 20.7. The van der Waals surface area contributed by atoms with Gasteiger partial charge < -0.3 is 5.32 Å². The maximum atomic E-state index is 11.7. The zero-order valence-electron chi connectivity index (χ0n) is 17.2. The Kier molecular flexibility index (Phi) is 4.74. The number of hydrogen-bond donors (Lipinski definition) is 1. The Hall–Kier alpha value is -3.20. The van der Waals surface area contributed by atoms with Crippen LogP contribution in [0.25, 0.3) is 0 Å². The summed E-state index contributed by atoms with van der Waals surface area (Å²) in [6.07, 6.45) is 7.23. The Morgan fingerprint density at radius 3 is 2.77 bits per heavy atom. The van der Waals surface area contributed by atoms with Crippen molar-refractivity contribution in [3.63, 3.8) is 0 Å². The molecule has 2 aliphatic heterocycles. The van der Waals surface area contributed by atoms with Crippen molar-refractivity contribution in [3.8, 4) is 6.07 Å². The van der Waals surface area contributed by atoms with Gasteiger partial charge in [0.2, 0.25) is 5.91 Å². The summed E-state index contributed by atoms with van der Waals surface area (Å²) in [6.45, 7) is 1.88. The second-order valence-corrected chi connectivity index (χ2v) is 8.54. The Morgan fingerprint density at radius 1 is 1.17 bits per heavy atom. The minimum atomic E-state index is 0.0863. The smallest absolute Gasteiger partial charge is 0.224 e. The van der Waals surface area contributed by atoms with Gasteiger partial charge in [-0.1, -0.05) is 18.9 Å². The molecule has 30 heavy (non-hydrogen) atoms. The Balaban J connectivity index is 1.50. The molecule has 1 atom stereocenters. The predicted octanol–water partition coefficient (Wildman–Crippen LogP) is 4.32. The molecule has 0 spiro atoms. The number of hydrazone groups is 1. The highest BCUT2D eigenvalue weighted by Gasteiger charge is 2.37. The van der Waals surface area contributed by atoms with E-state index in [1.807, 2.05) is 25.1 Å². The van der Waals surface area contributed by atoms with E-state index in [-0.39, 0.29) is 5.91 Å². The van der Waals surface area contributed by atoms with Crippen LogP contribution in [-0.2, 0) is 11.2 Å². The molecule has 1 unspecified atom stereocenters. The van der Waals surface area contributed by atoms with Crippen molar-refractivity contribution in [1.82, 2.24) is 4.98 Å². The molecule has 1 N–H and O–H groups in total. The molecule has 1 aromatic heterocycles. The molecule has 3 heterocycles. The summed E-state index contributed by atoms with van der Waals surface area (Å²) in [5.74, 6) is 1.52. The zero-order valence-corrected chi connectivity index (χ0v) is 17.2. The fourth-order valence-corrected chi connectivity index (χ4v) is 4.99. The normalized spacial score (nSPS) is 21.2. The van der Waals surface area contributed by atoms with Crippen molar-refractivity contribution < 1.29 is 4.79 Å². The van der Waals surface area contributed by atoms with Crippen LogP contribution in [0.4, 0.5) is 11.5 Å². The summed E-state index contributed by atoms with van der Waals surface area (Å²) in [5.41, 5.74) is 5.65. The number of aryl methyl sites for hydroxylation is 2. The summed E-state index contributed by atoms with van der Waals surface area (Å²) in [5, 5.41) is 19.3. The van der Waals surface area contributed by atoms with E-state index in [1.165, 1.54) is 31.2 Å². The maximum absolute atomic E-state index is 11.7. The number of amides is 1. The highest BCUT2D eigenvalue weighted by atomic mass is 16.1. The van der Waals surface area contributed by atoms with Crippen LogP contribution in [0.2, 0.25) is 0 Å². The standard InChI is InChI=1S/C24H25N5O/c1-15-19(14-25)7-10-23(26-15)29-22(16-4-2-3-5-16)13-21(28-29)18-6-9-20-17(12-18)8-11-24(30)27-20/h6-7,9-10,12,16,22H,2-5,8,11,13H2,1H3,(H,27,30). The maximum Gasteiger partial charge on any atom is 0.224 e. The van der Waals surface area contributed by atoms with Crippen LogP contribution in [0.1, 0.15) is 60.9 Å². The number of anilines is 2. The van der Waals surface area contributed by atoms with E-state index < -0.39 is 0 Å². The van der Waals surface area contributed by atoms with Gasteiger partial charge in [-0.3, -0.25) is 4.79 Å². The Labute approximate surface area is 176 Å². The highest BCUT2D eigenvalue weighted by molar-refractivity contribution is 6.04. The van der Waals surface area contributed by atoms with Gasteiger partial charge in [0.15, 0.2) is 0 Å². The molecule has 152 valence electrons. The van der Waals surface area contributed by atoms with Gasteiger partial charge in [-0.05, 0) is 67.5 Å². The summed E-state index contributed by atoms with van der Waals surface area (Å²) in [7, 11) is 0. The van der Waals surface area contributed by atoms with E-state index in [9.17, 15) is 10.1 Å². The molecule has 0 saturated heterocycles. The molecule has 3 aliphatic rings. The molecular formula is C24H25N5O. The fraction of sp³-hybridized carbons (Fsp3) is 0.417. The number of aromatic nitrogens is 1. The second kappa shape index (κ2) is 7.56. The average Bonchev–Trinajstić information content (AvgIpc) is 3.43. The van der Waals surface area contributed by atoms with E-state index in [0.717, 1.165) is 41.3 Å². The van der Waals surface area contributed by atoms with Crippen LogP contribution < -0.4 is 10.3 Å². The van der Waals surface area contributed by atoms with Gasteiger partial charge in [0, 0.05) is 18.5 Å². The van der Waals surface area contributed by atoms with Gasteiger partial charge in [0.05, 0.1) is 23.0 Å². The number of hydrogen-bond acceptors (Lipinski definition) is 5. The number of carbonyl (C=O) groups is 1. The lowest BCUT2D eigenvalue weighted by Crippen LogP contribution is -2.33. The van der Waals surface area contributed by atoms with Crippen LogP contribution in [-0.4, -0.2) is 22.6 Å². The summed E-state index contributed by atoms with van der Waals surface area (Å²) in [6, 6.07) is 12.5. The lowest BCUT2D eigenvalue weighted by Gasteiger charge is -2.27. The van der Waals surface area contributed by atoms with Crippen molar-refractivity contribution in [2.45, 2.75) is 57.9 Å². The number of fused-ring (bicyclic) bond motifs is 1.